The van der Waals surface area contributed by atoms with Gasteiger partial charge in [-0.3, -0.25) is 9.58 Å². The number of nitrogens with one attached hydrogen (secondary N) is 1. The zero-order valence-corrected chi connectivity index (χ0v) is 15.8. The lowest BCUT2D eigenvalue weighted by Crippen LogP contribution is -2.34. The van der Waals surface area contributed by atoms with Crippen LogP contribution in [0.2, 0.25) is 0 Å². The average Bonchev–Trinajstić information content (AvgIpc) is 3.09. The predicted molar refractivity (Wildman–Crippen MR) is 105 cm³/mol. The molecule has 1 aliphatic rings. The van der Waals surface area contributed by atoms with Crippen molar-refractivity contribution >= 4 is 11.8 Å². The number of aryl methyl sites for hydroxylation is 2. The van der Waals surface area contributed by atoms with Crippen LogP contribution in [0.1, 0.15) is 35.6 Å². The Labute approximate surface area is 159 Å². The molecule has 0 spiro atoms. The molecule has 0 saturated carbocycles. The fraction of sp³-hybridized carbons (Fsp3) is 0.400. The van der Waals surface area contributed by atoms with E-state index in [-0.39, 0.29) is 0 Å². The summed E-state index contributed by atoms with van der Waals surface area (Å²) >= 11 is 0. The third-order valence-electron chi connectivity index (χ3n) is 5.01. The minimum atomic E-state index is 0.420. The molecule has 1 saturated heterocycles. The molecule has 7 nitrogen and oxygen atoms in total. The molecule has 3 aromatic rings. The second-order valence-electron chi connectivity index (χ2n) is 7.20. The lowest BCUT2D eigenvalue weighted by Gasteiger charge is -2.32. The Morgan fingerprint density at radius 1 is 1.22 bits per heavy atom. The largest absolute Gasteiger partial charge is 0.309 e. The highest BCUT2D eigenvalue weighted by molar-refractivity contribution is 5.52. The molecule has 1 fully saturated rings. The number of rotatable bonds is 5. The molecule has 0 aromatic carbocycles. The molecule has 1 N–H and O–H groups in total. The third kappa shape index (κ3) is 4.31. The molecular weight excluding hydrogens is 338 g/mol. The van der Waals surface area contributed by atoms with Gasteiger partial charge in [0.25, 0.3) is 0 Å². The van der Waals surface area contributed by atoms with Crippen molar-refractivity contribution in [1.82, 2.24) is 29.6 Å². The number of likely N-dealkylation sites (tertiary alicyclic amines) is 1. The molecule has 1 aliphatic heterocycles. The highest BCUT2D eigenvalue weighted by Gasteiger charge is 2.23. The van der Waals surface area contributed by atoms with Crippen LogP contribution in [-0.4, -0.2) is 42.7 Å². The van der Waals surface area contributed by atoms with E-state index in [1.165, 1.54) is 12.0 Å². The smallest absolute Gasteiger partial charge is 0.228 e. The molecule has 3 aromatic heterocycles. The normalized spacial score (nSPS) is 17.8. The van der Waals surface area contributed by atoms with Gasteiger partial charge in [0.1, 0.15) is 5.82 Å². The standard InChI is InChI=1S/C20H25N7/c1-15-5-3-8-21-19(15)25-20-22-9-7-18(24-20)17-6-4-10-27(14-17)13-16-11-23-26(2)12-16/h3,5,7-9,11-12,17H,4,6,10,13-14H2,1-2H3,(H,21,22,24,25)/t17-/m0/s1. The first-order valence-electron chi connectivity index (χ1n) is 9.39. The molecule has 4 heterocycles. The maximum absolute atomic E-state index is 4.77. The number of piperidine rings is 1. The van der Waals surface area contributed by atoms with Gasteiger partial charge in [0.05, 0.1) is 11.9 Å². The van der Waals surface area contributed by atoms with Gasteiger partial charge in [-0.25, -0.2) is 15.0 Å². The van der Waals surface area contributed by atoms with Gasteiger partial charge in [0.2, 0.25) is 5.95 Å². The number of aromatic nitrogens is 5. The van der Waals surface area contributed by atoms with Gasteiger partial charge in [-0.05, 0) is 44.0 Å². The Hall–Kier alpha value is -2.80. The number of nitrogens with zero attached hydrogens (tertiary/aromatic N) is 6. The van der Waals surface area contributed by atoms with Gasteiger partial charge < -0.3 is 5.32 Å². The molecule has 7 heteroatoms. The second kappa shape index (κ2) is 7.84. The third-order valence-corrected chi connectivity index (χ3v) is 5.01. The summed E-state index contributed by atoms with van der Waals surface area (Å²) in [5, 5.41) is 7.52. The second-order valence-corrected chi connectivity index (χ2v) is 7.20. The van der Waals surface area contributed by atoms with Crippen LogP contribution in [0.3, 0.4) is 0 Å². The molecule has 140 valence electrons. The van der Waals surface area contributed by atoms with Crippen molar-refractivity contribution in [1.29, 1.82) is 0 Å². The summed E-state index contributed by atoms with van der Waals surface area (Å²) in [6.45, 7) is 5.09. The fourth-order valence-corrected chi connectivity index (χ4v) is 3.63. The molecule has 0 aliphatic carbocycles. The Bertz CT molecular complexity index is 905. The van der Waals surface area contributed by atoms with Crippen molar-refractivity contribution in [3.8, 4) is 0 Å². The SMILES string of the molecule is Cc1cccnc1Nc1nccc([C@H]2CCCN(Cc3cnn(C)c3)C2)n1. The summed E-state index contributed by atoms with van der Waals surface area (Å²) in [6, 6.07) is 5.99. The predicted octanol–water partition coefficient (Wildman–Crippen LogP) is 3.04. The van der Waals surface area contributed by atoms with Crippen molar-refractivity contribution in [2.75, 3.05) is 18.4 Å². The Kier molecular flexibility index (Phi) is 5.11. The Balaban J connectivity index is 1.45. The van der Waals surface area contributed by atoms with Crippen molar-refractivity contribution in [2.45, 2.75) is 32.2 Å². The Morgan fingerprint density at radius 3 is 2.96 bits per heavy atom. The van der Waals surface area contributed by atoms with E-state index in [9.17, 15) is 0 Å². The summed E-state index contributed by atoms with van der Waals surface area (Å²) in [7, 11) is 1.96. The number of hydrogen-bond acceptors (Lipinski definition) is 6. The van der Waals surface area contributed by atoms with Crippen molar-refractivity contribution in [2.24, 2.45) is 7.05 Å². The number of pyridine rings is 1. The summed E-state index contributed by atoms with van der Waals surface area (Å²) < 4.78 is 1.86. The van der Waals surface area contributed by atoms with E-state index in [0.29, 0.717) is 11.9 Å². The monoisotopic (exact) mass is 363 g/mol. The van der Waals surface area contributed by atoms with Gasteiger partial charge in [-0.2, -0.15) is 5.10 Å². The molecule has 0 unspecified atom stereocenters. The lowest BCUT2D eigenvalue weighted by atomic mass is 9.94. The van der Waals surface area contributed by atoms with Crippen LogP contribution in [0.25, 0.3) is 0 Å². The van der Waals surface area contributed by atoms with Crippen molar-refractivity contribution < 1.29 is 0 Å². The molecule has 27 heavy (non-hydrogen) atoms. The maximum atomic E-state index is 4.77. The van der Waals surface area contributed by atoms with E-state index in [2.05, 4.69) is 31.5 Å². The molecule has 0 amide bonds. The average molecular weight is 363 g/mol. The van der Waals surface area contributed by atoms with Crippen molar-refractivity contribution in [3.05, 3.63) is 59.8 Å². The zero-order chi connectivity index (χ0) is 18.6. The van der Waals surface area contributed by atoms with Crippen LogP contribution in [-0.2, 0) is 13.6 Å². The van der Waals surface area contributed by atoms with E-state index in [1.807, 2.05) is 49.2 Å². The van der Waals surface area contributed by atoms with Gasteiger partial charge in [0.15, 0.2) is 0 Å². The highest BCUT2D eigenvalue weighted by atomic mass is 15.2. The molecule has 0 radical (unpaired) electrons. The molecule has 4 rings (SSSR count). The minimum absolute atomic E-state index is 0.420. The van der Waals surface area contributed by atoms with Crippen LogP contribution >= 0.6 is 0 Å². The lowest BCUT2D eigenvalue weighted by molar-refractivity contribution is 0.198. The topological polar surface area (TPSA) is 71.8 Å². The quantitative estimate of drug-likeness (QED) is 0.751. The minimum Gasteiger partial charge on any atom is -0.309 e. The molecular formula is C20H25N7. The maximum Gasteiger partial charge on any atom is 0.228 e. The van der Waals surface area contributed by atoms with Gasteiger partial charge in [-0.15, -0.1) is 0 Å². The summed E-state index contributed by atoms with van der Waals surface area (Å²) in [6.07, 6.45) is 9.98. The van der Waals surface area contributed by atoms with Gasteiger partial charge in [0, 0.05) is 50.2 Å². The first-order chi connectivity index (χ1) is 13.2. The van der Waals surface area contributed by atoms with Crippen LogP contribution < -0.4 is 5.32 Å². The Morgan fingerprint density at radius 2 is 2.15 bits per heavy atom. The summed E-state index contributed by atoms with van der Waals surface area (Å²) in [4.78, 5) is 16.0. The van der Waals surface area contributed by atoms with Gasteiger partial charge >= 0.3 is 0 Å². The molecule has 0 bridgehead atoms. The first-order valence-corrected chi connectivity index (χ1v) is 9.39. The van der Waals surface area contributed by atoms with Crippen LogP contribution in [0.4, 0.5) is 11.8 Å². The van der Waals surface area contributed by atoms with Crippen LogP contribution in [0.5, 0.6) is 0 Å². The van der Waals surface area contributed by atoms with Crippen LogP contribution in [0.15, 0.2) is 43.0 Å². The fourth-order valence-electron chi connectivity index (χ4n) is 3.63. The zero-order valence-electron chi connectivity index (χ0n) is 15.8. The molecule has 1 atom stereocenters. The van der Waals surface area contributed by atoms with Crippen molar-refractivity contribution in [3.63, 3.8) is 0 Å². The number of anilines is 2. The van der Waals surface area contributed by atoms with E-state index in [1.54, 1.807) is 6.20 Å². The van der Waals surface area contributed by atoms with E-state index in [0.717, 1.165) is 43.1 Å². The number of hydrogen-bond donors (Lipinski definition) is 1. The van der Waals surface area contributed by atoms with Crippen LogP contribution in [0, 0.1) is 6.92 Å². The first kappa shape index (κ1) is 17.6. The van der Waals surface area contributed by atoms with E-state index < -0.39 is 0 Å². The summed E-state index contributed by atoms with van der Waals surface area (Å²) in [5.41, 5.74) is 3.43. The van der Waals surface area contributed by atoms with Gasteiger partial charge in [-0.1, -0.05) is 6.07 Å². The van der Waals surface area contributed by atoms with E-state index >= 15 is 0 Å². The highest BCUT2D eigenvalue weighted by Crippen LogP contribution is 2.27. The summed E-state index contributed by atoms with van der Waals surface area (Å²) in [5.74, 6) is 1.83. The van der Waals surface area contributed by atoms with E-state index in [4.69, 9.17) is 4.98 Å².